The maximum absolute atomic E-state index is 12.0. The smallest absolute Gasteiger partial charge is 0.323 e. The molecule has 1 aliphatic rings. The highest BCUT2D eigenvalue weighted by atomic mass is 16.5. The molecule has 122 valence electrons. The van der Waals surface area contributed by atoms with Gasteiger partial charge in [0, 0.05) is 23.0 Å². The number of para-hydroxylation sites is 1. The molecule has 0 unspecified atom stereocenters. The van der Waals surface area contributed by atoms with Gasteiger partial charge in [0.25, 0.3) is 0 Å². The van der Waals surface area contributed by atoms with Crippen molar-refractivity contribution in [1.82, 2.24) is 10.3 Å². The number of ether oxygens (including phenoxy) is 2. The minimum Gasteiger partial charge on any atom is -0.468 e. The molecule has 1 aliphatic heterocycles. The van der Waals surface area contributed by atoms with E-state index in [9.17, 15) is 9.59 Å². The van der Waals surface area contributed by atoms with E-state index in [0.717, 1.165) is 22.2 Å². The number of H-pyrrole nitrogens is 1. The third kappa shape index (κ3) is 2.94. The van der Waals surface area contributed by atoms with Crippen molar-refractivity contribution in [1.29, 1.82) is 0 Å². The summed E-state index contributed by atoms with van der Waals surface area (Å²) in [6.45, 7) is 2.11. The topological polar surface area (TPSA) is 80.4 Å². The maximum atomic E-state index is 12.0. The largest absolute Gasteiger partial charge is 0.468 e. The highest BCUT2D eigenvalue weighted by Gasteiger charge is 2.34. The number of carbonyl (C=O) groups is 2. The van der Waals surface area contributed by atoms with Gasteiger partial charge >= 0.3 is 11.9 Å². The number of hydrogen-bond acceptors (Lipinski definition) is 5. The van der Waals surface area contributed by atoms with Crippen molar-refractivity contribution in [3.05, 3.63) is 35.5 Å². The molecule has 1 aromatic carbocycles. The number of benzene rings is 1. The van der Waals surface area contributed by atoms with Crippen LogP contribution in [0.5, 0.6) is 0 Å². The first-order valence-electron chi connectivity index (χ1n) is 7.73. The standard InChI is InChI=1S/C17H20N2O4/c1-3-23-15(20)9-13-16-11(8-14(18-13)17(21)22-2)10-6-4-5-7-12(10)19-16/h4-7,13-14,18-19H,3,8-9H2,1-2H3/t13-,14+/m1/s1. The summed E-state index contributed by atoms with van der Waals surface area (Å²) in [7, 11) is 1.37. The van der Waals surface area contributed by atoms with Crippen molar-refractivity contribution in [2.24, 2.45) is 0 Å². The zero-order chi connectivity index (χ0) is 16.4. The van der Waals surface area contributed by atoms with Gasteiger partial charge in [-0.15, -0.1) is 0 Å². The van der Waals surface area contributed by atoms with Crippen LogP contribution < -0.4 is 5.32 Å². The van der Waals surface area contributed by atoms with Crippen molar-refractivity contribution in [3.8, 4) is 0 Å². The van der Waals surface area contributed by atoms with E-state index < -0.39 is 6.04 Å². The fourth-order valence-electron chi connectivity index (χ4n) is 3.17. The number of nitrogens with one attached hydrogen (secondary N) is 2. The molecule has 23 heavy (non-hydrogen) atoms. The molecule has 6 nitrogen and oxygen atoms in total. The first-order valence-corrected chi connectivity index (χ1v) is 7.73. The number of hydrogen-bond donors (Lipinski definition) is 2. The zero-order valence-corrected chi connectivity index (χ0v) is 13.2. The van der Waals surface area contributed by atoms with Gasteiger partial charge in [0.2, 0.25) is 0 Å². The van der Waals surface area contributed by atoms with E-state index in [4.69, 9.17) is 9.47 Å². The molecule has 0 saturated heterocycles. The molecule has 2 aromatic rings. The van der Waals surface area contributed by atoms with Crippen molar-refractivity contribution in [2.45, 2.75) is 31.8 Å². The van der Waals surface area contributed by atoms with E-state index in [2.05, 4.69) is 10.3 Å². The number of aromatic amines is 1. The fourth-order valence-corrected chi connectivity index (χ4v) is 3.17. The van der Waals surface area contributed by atoms with E-state index in [1.165, 1.54) is 7.11 Å². The second-order valence-corrected chi connectivity index (χ2v) is 5.57. The van der Waals surface area contributed by atoms with Gasteiger partial charge in [0.05, 0.1) is 26.2 Å². The second-order valence-electron chi connectivity index (χ2n) is 5.57. The maximum Gasteiger partial charge on any atom is 0.323 e. The lowest BCUT2D eigenvalue weighted by molar-refractivity contribution is -0.146. The molecule has 2 atom stereocenters. The Balaban J connectivity index is 1.99. The van der Waals surface area contributed by atoms with Crippen molar-refractivity contribution < 1.29 is 19.1 Å². The summed E-state index contributed by atoms with van der Waals surface area (Å²) in [5.74, 6) is -0.616. The average molecular weight is 316 g/mol. The summed E-state index contributed by atoms with van der Waals surface area (Å²) in [6, 6.07) is 7.16. The van der Waals surface area contributed by atoms with Crippen LogP contribution in [0.3, 0.4) is 0 Å². The van der Waals surface area contributed by atoms with Crippen LogP contribution in [0.1, 0.15) is 30.6 Å². The average Bonchev–Trinajstić information content (AvgIpc) is 2.93. The summed E-state index contributed by atoms with van der Waals surface area (Å²) in [6.07, 6.45) is 0.701. The lowest BCUT2D eigenvalue weighted by Gasteiger charge is -2.29. The SMILES string of the molecule is CCOC(=O)C[C@H]1N[C@H](C(=O)OC)Cc2c1[nH]c1ccccc21. The van der Waals surface area contributed by atoms with E-state index in [0.29, 0.717) is 13.0 Å². The minimum absolute atomic E-state index is 0.168. The quantitative estimate of drug-likeness (QED) is 0.842. The molecule has 3 rings (SSSR count). The van der Waals surface area contributed by atoms with Gasteiger partial charge < -0.3 is 14.5 Å². The predicted molar refractivity (Wildman–Crippen MR) is 84.9 cm³/mol. The highest BCUT2D eigenvalue weighted by molar-refractivity contribution is 5.87. The summed E-state index contributed by atoms with van der Waals surface area (Å²) >= 11 is 0. The Hall–Kier alpha value is -2.34. The highest BCUT2D eigenvalue weighted by Crippen LogP contribution is 2.33. The molecule has 6 heteroatoms. The van der Waals surface area contributed by atoms with Gasteiger partial charge in [-0.3, -0.25) is 14.9 Å². The molecule has 2 heterocycles. The number of esters is 2. The molecule has 0 saturated carbocycles. The Kier molecular flexibility index (Phi) is 4.34. The Morgan fingerprint density at radius 2 is 2.09 bits per heavy atom. The molecule has 1 aromatic heterocycles. The Bertz CT molecular complexity index is 737. The molecule has 0 amide bonds. The number of rotatable bonds is 4. The van der Waals surface area contributed by atoms with Gasteiger partial charge in [0.15, 0.2) is 0 Å². The van der Waals surface area contributed by atoms with Gasteiger partial charge in [-0.25, -0.2) is 0 Å². The van der Waals surface area contributed by atoms with Crippen LogP contribution >= 0.6 is 0 Å². The van der Waals surface area contributed by atoms with Crippen LogP contribution in [-0.4, -0.2) is 36.7 Å². The van der Waals surface area contributed by atoms with Crippen LogP contribution in [-0.2, 0) is 25.5 Å². The monoisotopic (exact) mass is 316 g/mol. The zero-order valence-electron chi connectivity index (χ0n) is 13.2. The first kappa shape index (κ1) is 15.6. The minimum atomic E-state index is -0.467. The third-order valence-electron chi connectivity index (χ3n) is 4.17. The molecular formula is C17H20N2O4. The lowest BCUT2D eigenvalue weighted by Crippen LogP contribution is -2.45. The Morgan fingerprint density at radius 3 is 2.83 bits per heavy atom. The molecule has 0 bridgehead atoms. The molecular weight excluding hydrogens is 296 g/mol. The molecule has 2 N–H and O–H groups in total. The fraction of sp³-hybridized carbons (Fsp3) is 0.412. The summed E-state index contributed by atoms with van der Waals surface area (Å²) in [4.78, 5) is 27.2. The number of aromatic nitrogens is 1. The lowest BCUT2D eigenvalue weighted by atomic mass is 9.92. The van der Waals surface area contributed by atoms with Gasteiger partial charge in [-0.2, -0.15) is 0 Å². The van der Waals surface area contributed by atoms with Crippen LogP contribution in [0.2, 0.25) is 0 Å². The summed E-state index contributed by atoms with van der Waals surface area (Å²) in [5.41, 5.74) is 3.00. The Labute approximate surface area is 134 Å². The van der Waals surface area contributed by atoms with Crippen molar-refractivity contribution in [3.63, 3.8) is 0 Å². The third-order valence-corrected chi connectivity index (χ3v) is 4.17. The van der Waals surface area contributed by atoms with E-state index in [-0.39, 0.29) is 24.4 Å². The van der Waals surface area contributed by atoms with Gasteiger partial charge in [0.1, 0.15) is 6.04 Å². The number of fused-ring (bicyclic) bond motifs is 3. The van der Waals surface area contributed by atoms with Crippen LogP contribution in [0, 0.1) is 0 Å². The van der Waals surface area contributed by atoms with E-state index in [1.807, 2.05) is 24.3 Å². The van der Waals surface area contributed by atoms with E-state index in [1.54, 1.807) is 6.92 Å². The molecule has 0 aliphatic carbocycles. The molecule has 0 radical (unpaired) electrons. The summed E-state index contributed by atoms with van der Waals surface area (Å²) < 4.78 is 9.91. The van der Waals surface area contributed by atoms with Gasteiger partial charge in [-0.05, 0) is 18.6 Å². The van der Waals surface area contributed by atoms with Crippen LogP contribution in [0.25, 0.3) is 10.9 Å². The first-order chi connectivity index (χ1) is 11.1. The Morgan fingerprint density at radius 1 is 1.30 bits per heavy atom. The molecule has 0 fully saturated rings. The van der Waals surface area contributed by atoms with Crippen LogP contribution in [0.15, 0.2) is 24.3 Å². The van der Waals surface area contributed by atoms with E-state index >= 15 is 0 Å². The van der Waals surface area contributed by atoms with Crippen LogP contribution in [0.4, 0.5) is 0 Å². The van der Waals surface area contributed by atoms with Gasteiger partial charge in [-0.1, -0.05) is 18.2 Å². The number of carbonyl (C=O) groups excluding carboxylic acids is 2. The molecule has 0 spiro atoms. The summed E-state index contributed by atoms with van der Waals surface area (Å²) in [5, 5.41) is 4.28. The second kappa shape index (κ2) is 6.42. The normalized spacial score (nSPS) is 20.1. The van der Waals surface area contributed by atoms with Crippen molar-refractivity contribution >= 4 is 22.8 Å². The van der Waals surface area contributed by atoms with Crippen molar-refractivity contribution in [2.75, 3.05) is 13.7 Å². The predicted octanol–water partition coefficient (Wildman–Crippen LogP) is 1.85. The number of methoxy groups -OCH3 is 1.